The van der Waals surface area contributed by atoms with Crippen LogP contribution in [0.15, 0.2) is 30.3 Å². The average Bonchev–Trinajstić information content (AvgIpc) is 2.70. The number of aliphatic carboxylic acids is 1. The molecule has 1 aliphatic carbocycles. The Morgan fingerprint density at radius 2 is 1.79 bits per heavy atom. The molecule has 126 valence electrons. The van der Waals surface area contributed by atoms with E-state index >= 15 is 0 Å². The Morgan fingerprint density at radius 3 is 2.46 bits per heavy atom. The van der Waals surface area contributed by atoms with Gasteiger partial charge < -0.3 is 9.84 Å². The Balaban J connectivity index is 2.12. The van der Waals surface area contributed by atoms with Gasteiger partial charge in [0.1, 0.15) is 5.75 Å². The van der Waals surface area contributed by atoms with Crippen LogP contribution in [0, 0.1) is 11.6 Å². The van der Waals surface area contributed by atoms with Crippen molar-refractivity contribution in [3.05, 3.63) is 64.2 Å². The van der Waals surface area contributed by atoms with Gasteiger partial charge in [0.15, 0.2) is 11.6 Å². The summed E-state index contributed by atoms with van der Waals surface area (Å²) >= 11 is 0. The molecule has 0 saturated heterocycles. The minimum Gasteiger partial charge on any atom is -0.497 e. The molecule has 2 aromatic carbocycles. The molecule has 2 aromatic rings. The molecule has 0 aromatic heterocycles. The van der Waals surface area contributed by atoms with E-state index in [1.54, 1.807) is 7.11 Å². The summed E-state index contributed by atoms with van der Waals surface area (Å²) in [5, 5.41) is 9.04. The van der Waals surface area contributed by atoms with Gasteiger partial charge in [-0.15, -0.1) is 0 Å². The van der Waals surface area contributed by atoms with Crippen LogP contribution in [-0.2, 0) is 17.6 Å². The molecule has 1 atom stereocenters. The van der Waals surface area contributed by atoms with Gasteiger partial charge in [0.05, 0.1) is 7.11 Å². The molecule has 0 amide bonds. The van der Waals surface area contributed by atoms with Gasteiger partial charge in [0, 0.05) is 12.3 Å². The van der Waals surface area contributed by atoms with Crippen molar-refractivity contribution in [3.63, 3.8) is 0 Å². The van der Waals surface area contributed by atoms with Gasteiger partial charge in [0.25, 0.3) is 0 Å². The normalized spacial score (nSPS) is 16.0. The van der Waals surface area contributed by atoms with E-state index in [1.165, 1.54) is 12.1 Å². The topological polar surface area (TPSA) is 46.5 Å². The van der Waals surface area contributed by atoms with Gasteiger partial charge in [0.2, 0.25) is 0 Å². The second kappa shape index (κ2) is 6.59. The summed E-state index contributed by atoms with van der Waals surface area (Å²) in [7, 11) is 1.58. The molecular weight excluding hydrogens is 314 g/mol. The highest BCUT2D eigenvalue weighted by atomic mass is 19.2. The SMILES string of the molecule is COc1ccc2c(c1)CCc1cc(F)c(F)cc1C2CCC(=O)O. The molecule has 0 heterocycles. The standard InChI is InChI=1S/C19H18F2O3/c1-24-13-4-5-14-11(8-13)2-3-12-9-17(20)18(21)10-16(12)15(14)6-7-19(22)23/h4-5,8-10,15H,2-3,6-7H2,1H3,(H,22,23). The number of benzene rings is 2. The quantitative estimate of drug-likeness (QED) is 0.918. The van der Waals surface area contributed by atoms with E-state index in [0.29, 0.717) is 30.6 Å². The minimum atomic E-state index is -0.904. The second-order valence-electron chi connectivity index (χ2n) is 6.01. The van der Waals surface area contributed by atoms with Crippen molar-refractivity contribution >= 4 is 5.97 Å². The first kappa shape index (κ1) is 16.4. The van der Waals surface area contributed by atoms with E-state index in [2.05, 4.69) is 0 Å². The third kappa shape index (κ3) is 3.11. The van der Waals surface area contributed by atoms with Crippen LogP contribution in [0.2, 0.25) is 0 Å². The van der Waals surface area contributed by atoms with E-state index in [4.69, 9.17) is 9.84 Å². The van der Waals surface area contributed by atoms with Crippen molar-refractivity contribution in [1.82, 2.24) is 0 Å². The zero-order chi connectivity index (χ0) is 17.3. The molecule has 5 heteroatoms. The second-order valence-corrected chi connectivity index (χ2v) is 6.01. The summed E-state index contributed by atoms with van der Waals surface area (Å²) in [6.45, 7) is 0. The molecule has 1 N–H and O–H groups in total. The number of hydrogen-bond acceptors (Lipinski definition) is 2. The van der Waals surface area contributed by atoms with Crippen LogP contribution in [0.1, 0.15) is 41.0 Å². The van der Waals surface area contributed by atoms with Gasteiger partial charge in [-0.05, 0) is 65.8 Å². The third-order valence-corrected chi connectivity index (χ3v) is 4.59. The molecule has 0 spiro atoms. The van der Waals surface area contributed by atoms with Gasteiger partial charge in [-0.3, -0.25) is 4.79 Å². The predicted molar refractivity (Wildman–Crippen MR) is 85.5 cm³/mol. The average molecular weight is 332 g/mol. The summed E-state index contributed by atoms with van der Waals surface area (Å²) in [5.41, 5.74) is 3.40. The van der Waals surface area contributed by atoms with Crippen molar-refractivity contribution in [3.8, 4) is 5.75 Å². The van der Waals surface area contributed by atoms with Crippen molar-refractivity contribution in [2.45, 2.75) is 31.6 Å². The van der Waals surface area contributed by atoms with E-state index in [9.17, 15) is 13.6 Å². The fraction of sp³-hybridized carbons (Fsp3) is 0.316. The summed E-state index contributed by atoms with van der Waals surface area (Å²) in [6.07, 6.45) is 1.56. The van der Waals surface area contributed by atoms with Gasteiger partial charge >= 0.3 is 5.97 Å². The lowest BCUT2D eigenvalue weighted by Crippen LogP contribution is -2.08. The summed E-state index contributed by atoms with van der Waals surface area (Å²) in [4.78, 5) is 11.0. The Morgan fingerprint density at radius 1 is 1.12 bits per heavy atom. The molecule has 24 heavy (non-hydrogen) atoms. The van der Waals surface area contributed by atoms with Crippen LogP contribution in [0.5, 0.6) is 5.75 Å². The van der Waals surface area contributed by atoms with E-state index in [0.717, 1.165) is 16.7 Å². The monoisotopic (exact) mass is 332 g/mol. The largest absolute Gasteiger partial charge is 0.497 e. The highest BCUT2D eigenvalue weighted by Crippen LogP contribution is 2.39. The molecule has 0 bridgehead atoms. The van der Waals surface area contributed by atoms with Gasteiger partial charge in [-0.1, -0.05) is 6.07 Å². The molecule has 0 saturated carbocycles. The Kier molecular flexibility index (Phi) is 4.51. The smallest absolute Gasteiger partial charge is 0.303 e. The fourth-order valence-corrected chi connectivity index (χ4v) is 3.43. The number of carbonyl (C=O) groups is 1. The van der Waals surface area contributed by atoms with Crippen molar-refractivity contribution in [1.29, 1.82) is 0 Å². The lowest BCUT2D eigenvalue weighted by atomic mass is 9.84. The minimum absolute atomic E-state index is 0.0332. The maximum absolute atomic E-state index is 13.8. The number of aryl methyl sites for hydroxylation is 2. The van der Waals surface area contributed by atoms with Crippen LogP contribution in [0.4, 0.5) is 8.78 Å². The highest BCUT2D eigenvalue weighted by Gasteiger charge is 2.26. The molecular formula is C19H18F2O3. The third-order valence-electron chi connectivity index (χ3n) is 4.59. The Labute approximate surface area is 138 Å². The number of fused-ring (bicyclic) bond motifs is 2. The first-order valence-corrected chi connectivity index (χ1v) is 7.86. The molecule has 3 rings (SSSR count). The number of ether oxygens (including phenoxy) is 1. The van der Waals surface area contributed by atoms with Crippen LogP contribution in [-0.4, -0.2) is 18.2 Å². The number of hydrogen-bond donors (Lipinski definition) is 1. The molecule has 1 unspecified atom stereocenters. The van der Waals surface area contributed by atoms with Crippen LogP contribution >= 0.6 is 0 Å². The number of methoxy groups -OCH3 is 1. The van der Waals surface area contributed by atoms with E-state index in [1.807, 2.05) is 18.2 Å². The molecule has 0 radical (unpaired) electrons. The van der Waals surface area contributed by atoms with Crippen molar-refractivity contribution in [2.75, 3.05) is 7.11 Å². The summed E-state index contributed by atoms with van der Waals surface area (Å²) in [6, 6.07) is 8.09. The van der Waals surface area contributed by atoms with E-state index in [-0.39, 0.29) is 12.3 Å². The van der Waals surface area contributed by atoms with Gasteiger partial charge in [-0.2, -0.15) is 0 Å². The maximum atomic E-state index is 13.8. The van der Waals surface area contributed by atoms with E-state index < -0.39 is 17.6 Å². The number of carboxylic acids is 1. The highest BCUT2D eigenvalue weighted by molar-refractivity contribution is 5.67. The number of rotatable bonds is 4. The zero-order valence-corrected chi connectivity index (χ0v) is 13.3. The number of halogens is 2. The first-order chi connectivity index (χ1) is 11.5. The maximum Gasteiger partial charge on any atom is 0.303 e. The zero-order valence-electron chi connectivity index (χ0n) is 13.3. The predicted octanol–water partition coefficient (Wildman–Crippen LogP) is 4.07. The molecule has 0 fully saturated rings. The van der Waals surface area contributed by atoms with Crippen molar-refractivity contribution < 1.29 is 23.4 Å². The molecule has 0 aliphatic heterocycles. The van der Waals surface area contributed by atoms with Crippen LogP contribution in [0.3, 0.4) is 0 Å². The van der Waals surface area contributed by atoms with Crippen molar-refractivity contribution in [2.24, 2.45) is 0 Å². The molecule has 3 nitrogen and oxygen atoms in total. The first-order valence-electron chi connectivity index (χ1n) is 7.86. The Bertz CT molecular complexity index is 786. The van der Waals surface area contributed by atoms with Crippen LogP contribution in [0.25, 0.3) is 0 Å². The lowest BCUT2D eigenvalue weighted by Gasteiger charge is -2.20. The summed E-state index contributed by atoms with van der Waals surface area (Å²) in [5.74, 6) is -2.22. The van der Waals surface area contributed by atoms with Crippen LogP contribution < -0.4 is 4.74 Å². The Hall–Kier alpha value is -2.43. The van der Waals surface area contributed by atoms with Gasteiger partial charge in [-0.25, -0.2) is 8.78 Å². The molecule has 1 aliphatic rings. The number of carboxylic acid groups (broad SMARTS) is 1. The fourth-order valence-electron chi connectivity index (χ4n) is 3.43. The lowest BCUT2D eigenvalue weighted by molar-refractivity contribution is -0.137. The summed E-state index contributed by atoms with van der Waals surface area (Å²) < 4.78 is 32.7.